The third-order valence-electron chi connectivity index (χ3n) is 3.14. The molecular formula is C17H17F2NO2. The zero-order valence-corrected chi connectivity index (χ0v) is 12.2. The van der Waals surface area contributed by atoms with Gasteiger partial charge in [0.25, 0.3) is 5.91 Å². The van der Waals surface area contributed by atoms with Gasteiger partial charge in [-0.25, -0.2) is 8.78 Å². The highest BCUT2D eigenvalue weighted by molar-refractivity contribution is 5.94. The molecule has 0 aromatic heterocycles. The predicted molar refractivity (Wildman–Crippen MR) is 80.0 cm³/mol. The second-order valence-electron chi connectivity index (χ2n) is 4.68. The van der Waals surface area contributed by atoms with Crippen molar-refractivity contribution in [3.8, 4) is 5.75 Å². The lowest BCUT2D eigenvalue weighted by molar-refractivity contribution is 0.0954. The number of nitrogens with one attached hydrogen (secondary N) is 1. The van der Waals surface area contributed by atoms with Crippen molar-refractivity contribution < 1.29 is 18.3 Å². The second-order valence-corrected chi connectivity index (χ2v) is 4.68. The summed E-state index contributed by atoms with van der Waals surface area (Å²) < 4.78 is 31.8. The lowest BCUT2D eigenvalue weighted by Gasteiger charge is -2.07. The fraction of sp³-hybridized carbons (Fsp3) is 0.235. The molecule has 0 unspecified atom stereocenters. The molecule has 0 saturated carbocycles. The molecule has 1 amide bonds. The number of halogens is 2. The zero-order chi connectivity index (χ0) is 15.9. The average Bonchev–Trinajstić information content (AvgIpc) is 2.52. The molecule has 0 saturated heterocycles. The second kappa shape index (κ2) is 7.54. The number of benzene rings is 2. The third kappa shape index (κ3) is 4.04. The number of carbonyl (C=O) groups is 1. The van der Waals surface area contributed by atoms with E-state index in [0.717, 1.165) is 6.07 Å². The summed E-state index contributed by atoms with van der Waals surface area (Å²) in [5.74, 6) is -1.31. The van der Waals surface area contributed by atoms with Crippen LogP contribution in [-0.4, -0.2) is 19.1 Å². The zero-order valence-electron chi connectivity index (χ0n) is 12.2. The lowest BCUT2D eigenvalue weighted by Crippen LogP contribution is -2.25. The van der Waals surface area contributed by atoms with Crippen LogP contribution in [0, 0.1) is 11.6 Å². The minimum atomic E-state index is -0.879. The summed E-state index contributed by atoms with van der Waals surface area (Å²) in [6.45, 7) is 2.67. The van der Waals surface area contributed by atoms with Crippen LogP contribution in [0.3, 0.4) is 0 Å². The number of carbonyl (C=O) groups excluding carboxylic acids is 1. The van der Waals surface area contributed by atoms with Crippen molar-refractivity contribution >= 4 is 5.91 Å². The van der Waals surface area contributed by atoms with E-state index in [1.807, 2.05) is 6.92 Å². The summed E-state index contributed by atoms with van der Waals surface area (Å²) in [5.41, 5.74) is 0.732. The molecule has 0 heterocycles. The van der Waals surface area contributed by atoms with E-state index in [4.69, 9.17) is 4.74 Å². The normalized spacial score (nSPS) is 10.3. The first-order valence-electron chi connectivity index (χ1n) is 7.05. The first kappa shape index (κ1) is 15.9. The Labute approximate surface area is 127 Å². The van der Waals surface area contributed by atoms with Crippen molar-refractivity contribution in [2.45, 2.75) is 13.3 Å². The molecule has 0 aliphatic heterocycles. The predicted octanol–water partition coefficient (Wildman–Crippen LogP) is 3.34. The van der Waals surface area contributed by atoms with Gasteiger partial charge in [0.1, 0.15) is 5.75 Å². The number of rotatable bonds is 6. The van der Waals surface area contributed by atoms with Crippen molar-refractivity contribution in [2.75, 3.05) is 13.2 Å². The van der Waals surface area contributed by atoms with E-state index < -0.39 is 11.6 Å². The van der Waals surface area contributed by atoms with Crippen LogP contribution in [0.1, 0.15) is 22.8 Å². The van der Waals surface area contributed by atoms with Gasteiger partial charge in [-0.05, 0) is 49.2 Å². The summed E-state index contributed by atoms with van der Waals surface area (Å²) in [5, 5.41) is 2.68. The van der Waals surface area contributed by atoms with Crippen LogP contribution >= 0.6 is 0 Å². The van der Waals surface area contributed by atoms with E-state index in [0.29, 0.717) is 17.9 Å². The van der Waals surface area contributed by atoms with Gasteiger partial charge in [0.2, 0.25) is 0 Å². The van der Waals surface area contributed by atoms with Gasteiger partial charge in [0.15, 0.2) is 11.6 Å². The summed E-state index contributed by atoms with van der Waals surface area (Å²) in [6, 6.07) is 10.8. The summed E-state index contributed by atoms with van der Waals surface area (Å²) >= 11 is 0. The minimum Gasteiger partial charge on any atom is -0.494 e. The Hall–Kier alpha value is -2.43. The third-order valence-corrected chi connectivity index (χ3v) is 3.14. The van der Waals surface area contributed by atoms with E-state index in [1.54, 1.807) is 24.3 Å². The van der Waals surface area contributed by atoms with E-state index in [2.05, 4.69) is 5.32 Å². The molecule has 1 N–H and O–H groups in total. The summed E-state index contributed by atoms with van der Waals surface area (Å²) in [6.07, 6.45) is 0.229. The van der Waals surface area contributed by atoms with Gasteiger partial charge < -0.3 is 10.1 Å². The highest BCUT2D eigenvalue weighted by Crippen LogP contribution is 2.13. The van der Waals surface area contributed by atoms with Crippen molar-refractivity contribution in [3.05, 3.63) is 65.2 Å². The van der Waals surface area contributed by atoms with Crippen LogP contribution in [0.5, 0.6) is 5.75 Å². The van der Waals surface area contributed by atoms with Crippen molar-refractivity contribution in [2.24, 2.45) is 0 Å². The Kier molecular flexibility index (Phi) is 5.47. The highest BCUT2D eigenvalue weighted by Gasteiger charge is 2.09. The minimum absolute atomic E-state index is 0.229. The van der Waals surface area contributed by atoms with Crippen LogP contribution in [0.25, 0.3) is 0 Å². The molecule has 3 nitrogen and oxygen atoms in total. The molecule has 116 valence electrons. The fourth-order valence-electron chi connectivity index (χ4n) is 2.02. The molecule has 0 radical (unpaired) electrons. The Morgan fingerprint density at radius 1 is 1.14 bits per heavy atom. The van der Waals surface area contributed by atoms with Crippen LogP contribution in [-0.2, 0) is 6.42 Å². The van der Waals surface area contributed by atoms with Gasteiger partial charge in [0, 0.05) is 12.1 Å². The Morgan fingerprint density at radius 3 is 2.55 bits per heavy atom. The van der Waals surface area contributed by atoms with Crippen molar-refractivity contribution in [1.82, 2.24) is 5.32 Å². The lowest BCUT2D eigenvalue weighted by atomic mass is 10.1. The number of ether oxygens (including phenoxy) is 1. The van der Waals surface area contributed by atoms with Crippen LogP contribution in [0.2, 0.25) is 0 Å². The fourth-order valence-corrected chi connectivity index (χ4v) is 2.02. The molecule has 2 rings (SSSR count). The quantitative estimate of drug-likeness (QED) is 0.889. The summed E-state index contributed by atoms with van der Waals surface area (Å²) in [4.78, 5) is 11.9. The maximum Gasteiger partial charge on any atom is 0.251 e. The maximum absolute atomic E-state index is 13.5. The number of hydrogen-bond acceptors (Lipinski definition) is 2. The Bertz CT molecular complexity index is 642. The van der Waals surface area contributed by atoms with E-state index in [1.165, 1.54) is 12.1 Å². The van der Waals surface area contributed by atoms with Gasteiger partial charge in [0.05, 0.1) is 6.61 Å². The summed E-state index contributed by atoms with van der Waals surface area (Å²) in [7, 11) is 0. The molecule has 2 aromatic carbocycles. The molecule has 0 fully saturated rings. The van der Waals surface area contributed by atoms with Crippen LogP contribution in [0.4, 0.5) is 8.78 Å². The van der Waals surface area contributed by atoms with Gasteiger partial charge in [-0.3, -0.25) is 4.79 Å². The molecule has 5 heteroatoms. The molecule has 0 aliphatic carbocycles. The molecule has 0 atom stereocenters. The number of amides is 1. The van der Waals surface area contributed by atoms with Gasteiger partial charge in [-0.15, -0.1) is 0 Å². The maximum atomic E-state index is 13.5. The Morgan fingerprint density at radius 2 is 1.86 bits per heavy atom. The largest absolute Gasteiger partial charge is 0.494 e. The van der Waals surface area contributed by atoms with E-state index in [9.17, 15) is 13.6 Å². The van der Waals surface area contributed by atoms with Gasteiger partial charge in [-0.2, -0.15) is 0 Å². The molecule has 2 aromatic rings. The SMILES string of the molecule is CCOc1ccc(C(=O)NCCc2cccc(F)c2F)cc1. The smallest absolute Gasteiger partial charge is 0.251 e. The van der Waals surface area contributed by atoms with E-state index >= 15 is 0 Å². The molecular weight excluding hydrogens is 288 g/mol. The van der Waals surface area contributed by atoms with Gasteiger partial charge in [-0.1, -0.05) is 12.1 Å². The molecule has 0 bridgehead atoms. The standard InChI is InChI=1S/C17H17F2NO2/c1-2-22-14-8-6-13(7-9-14)17(21)20-11-10-12-4-3-5-15(18)16(12)19/h3-9H,2,10-11H2,1H3,(H,20,21). The number of hydrogen-bond donors (Lipinski definition) is 1. The first-order chi connectivity index (χ1) is 10.6. The van der Waals surface area contributed by atoms with Gasteiger partial charge >= 0.3 is 0 Å². The van der Waals surface area contributed by atoms with Crippen LogP contribution in [0.15, 0.2) is 42.5 Å². The Balaban J connectivity index is 1.88. The van der Waals surface area contributed by atoms with Crippen molar-refractivity contribution in [3.63, 3.8) is 0 Å². The van der Waals surface area contributed by atoms with Crippen molar-refractivity contribution in [1.29, 1.82) is 0 Å². The average molecular weight is 305 g/mol. The van der Waals surface area contributed by atoms with E-state index in [-0.39, 0.29) is 24.4 Å². The first-order valence-corrected chi connectivity index (χ1v) is 7.05. The molecule has 0 spiro atoms. The highest BCUT2D eigenvalue weighted by atomic mass is 19.2. The monoisotopic (exact) mass is 305 g/mol. The molecule has 22 heavy (non-hydrogen) atoms. The van der Waals surface area contributed by atoms with Crippen LogP contribution < -0.4 is 10.1 Å². The topological polar surface area (TPSA) is 38.3 Å². The molecule has 0 aliphatic rings.